The van der Waals surface area contributed by atoms with E-state index in [0.29, 0.717) is 27.9 Å². The van der Waals surface area contributed by atoms with Crippen LogP contribution in [0.25, 0.3) is 0 Å². The Morgan fingerprint density at radius 1 is 1.15 bits per heavy atom. The number of rotatable bonds is 6. The molecule has 0 aromatic heterocycles. The van der Waals surface area contributed by atoms with Crippen molar-refractivity contribution in [3.63, 3.8) is 0 Å². The highest BCUT2D eigenvalue weighted by molar-refractivity contribution is 8.03. The average Bonchev–Trinajstić information content (AvgIpc) is 2.61. The van der Waals surface area contributed by atoms with Crippen LogP contribution in [0.1, 0.15) is 39.7 Å². The summed E-state index contributed by atoms with van der Waals surface area (Å²) in [6.07, 6.45) is 0.672. The van der Waals surface area contributed by atoms with Gasteiger partial charge >= 0.3 is 0 Å². The smallest absolute Gasteiger partial charge is 0.144 e. The quantitative estimate of drug-likeness (QED) is 0.369. The number of thioether (sulfide) groups is 1. The number of allylic oxidation sites excluding steroid dienone is 1. The monoisotopic (exact) mass is 405 g/mol. The predicted octanol–water partition coefficient (Wildman–Crippen LogP) is 5.66. The van der Waals surface area contributed by atoms with Gasteiger partial charge in [0.2, 0.25) is 0 Å². The number of nitrogens with zero attached hydrogens (tertiary/aromatic N) is 1. The van der Waals surface area contributed by atoms with Crippen molar-refractivity contribution in [2.24, 2.45) is 11.6 Å². The summed E-state index contributed by atoms with van der Waals surface area (Å²) >= 11 is 7.63. The van der Waals surface area contributed by atoms with Crippen LogP contribution in [0.15, 0.2) is 58.1 Å². The summed E-state index contributed by atoms with van der Waals surface area (Å²) in [7, 11) is 1.60. The Hall–Kier alpha value is -1.82. The molecule has 2 rings (SSSR count). The first-order chi connectivity index (χ1) is 12.7. The van der Waals surface area contributed by atoms with Crippen molar-refractivity contribution >= 4 is 29.1 Å². The van der Waals surface area contributed by atoms with Crippen molar-refractivity contribution in [1.82, 2.24) is 0 Å². The molecule has 4 nitrogen and oxygen atoms in total. The van der Waals surface area contributed by atoms with Gasteiger partial charge in [0, 0.05) is 9.92 Å². The van der Waals surface area contributed by atoms with Crippen LogP contribution in [-0.2, 0) is 5.41 Å². The van der Waals surface area contributed by atoms with E-state index in [-0.39, 0.29) is 5.41 Å². The van der Waals surface area contributed by atoms with Crippen molar-refractivity contribution in [1.29, 1.82) is 0 Å². The van der Waals surface area contributed by atoms with Gasteiger partial charge in [-0.2, -0.15) is 0 Å². The van der Waals surface area contributed by atoms with E-state index in [0.717, 1.165) is 10.6 Å². The number of benzene rings is 2. The molecule has 0 aliphatic carbocycles. The van der Waals surface area contributed by atoms with Crippen LogP contribution in [0.3, 0.4) is 0 Å². The molecular formula is C21H28ClN3OS. The maximum atomic E-state index is 6.40. The number of hydrogen-bond donors (Lipinski definition) is 2. The zero-order chi connectivity index (χ0) is 20.2. The summed E-state index contributed by atoms with van der Waals surface area (Å²) in [5, 5.41) is 2.78. The molecule has 0 aliphatic heterocycles. The van der Waals surface area contributed by atoms with Gasteiger partial charge in [0.05, 0.1) is 17.8 Å². The first-order valence-corrected chi connectivity index (χ1v) is 10.0. The third-order valence-corrected chi connectivity index (χ3v) is 5.46. The highest BCUT2D eigenvalue weighted by atomic mass is 35.5. The molecule has 0 atom stereocenters. The van der Waals surface area contributed by atoms with E-state index in [9.17, 15) is 0 Å². The van der Waals surface area contributed by atoms with Crippen molar-refractivity contribution in [3.8, 4) is 5.75 Å². The molecule has 2 aromatic rings. The Kier molecular flexibility index (Phi) is 7.09. The van der Waals surface area contributed by atoms with Gasteiger partial charge in [-0.15, -0.1) is 0 Å². The lowest BCUT2D eigenvalue weighted by Gasteiger charge is -2.25. The molecule has 27 heavy (non-hydrogen) atoms. The Balaban J connectivity index is 2.31. The summed E-state index contributed by atoms with van der Waals surface area (Å²) in [6.45, 7) is 8.61. The number of nitrogens with two attached hydrogens (primary N) is 2. The fourth-order valence-electron chi connectivity index (χ4n) is 2.67. The van der Waals surface area contributed by atoms with Crippen LogP contribution in [0.5, 0.6) is 5.75 Å². The second-order valence-corrected chi connectivity index (χ2v) is 8.78. The maximum absolute atomic E-state index is 6.40. The van der Waals surface area contributed by atoms with Crippen LogP contribution in [0, 0.1) is 0 Å². The van der Waals surface area contributed by atoms with Gasteiger partial charge in [-0.05, 0) is 47.7 Å². The summed E-state index contributed by atoms with van der Waals surface area (Å²) in [4.78, 5) is 1.07. The molecule has 0 heterocycles. The molecule has 0 amide bonds. The summed E-state index contributed by atoms with van der Waals surface area (Å²) < 4.78 is 5.41. The number of ether oxygens (including phenoxy) is 1. The lowest BCUT2D eigenvalue weighted by molar-refractivity contribution is 0.415. The molecule has 0 saturated carbocycles. The lowest BCUT2D eigenvalue weighted by Crippen LogP contribution is -2.32. The van der Waals surface area contributed by atoms with Crippen LogP contribution in [0.2, 0.25) is 5.02 Å². The number of hydrogen-bond acceptors (Lipinski definition) is 5. The van der Waals surface area contributed by atoms with Gasteiger partial charge in [0.25, 0.3) is 0 Å². The fraction of sp³-hybridized carbons (Fsp3) is 0.333. The van der Waals surface area contributed by atoms with E-state index in [1.54, 1.807) is 30.3 Å². The minimum absolute atomic E-state index is 0.121. The van der Waals surface area contributed by atoms with Crippen molar-refractivity contribution < 1.29 is 4.74 Å². The summed E-state index contributed by atoms with van der Waals surface area (Å²) in [6, 6.07) is 13.8. The fourth-order valence-corrected chi connectivity index (χ4v) is 3.72. The molecule has 0 fully saturated rings. The molecule has 0 aliphatic rings. The molecular weight excluding hydrogens is 378 g/mol. The van der Waals surface area contributed by atoms with E-state index >= 15 is 0 Å². The van der Waals surface area contributed by atoms with Crippen LogP contribution >= 0.6 is 23.4 Å². The highest BCUT2D eigenvalue weighted by Crippen LogP contribution is 2.35. The molecule has 0 bridgehead atoms. The Morgan fingerprint density at radius 2 is 1.78 bits per heavy atom. The van der Waals surface area contributed by atoms with Gasteiger partial charge in [0.1, 0.15) is 11.4 Å². The van der Waals surface area contributed by atoms with E-state index in [1.165, 1.54) is 17.3 Å². The number of hydrazine groups is 1. The van der Waals surface area contributed by atoms with Crippen molar-refractivity contribution in [2.75, 3.05) is 12.1 Å². The van der Waals surface area contributed by atoms with E-state index in [4.69, 9.17) is 27.9 Å². The Bertz CT molecular complexity index is 813. The normalized spacial score (nSPS) is 12.6. The van der Waals surface area contributed by atoms with Crippen molar-refractivity contribution in [2.45, 2.75) is 44.4 Å². The van der Waals surface area contributed by atoms with Crippen LogP contribution in [-0.4, -0.2) is 7.11 Å². The minimum Gasteiger partial charge on any atom is -0.495 e. The molecule has 0 spiro atoms. The largest absolute Gasteiger partial charge is 0.495 e. The average molecular weight is 406 g/mol. The van der Waals surface area contributed by atoms with Gasteiger partial charge in [-0.1, -0.05) is 63.2 Å². The zero-order valence-electron chi connectivity index (χ0n) is 16.5. The Morgan fingerprint density at radius 3 is 2.30 bits per heavy atom. The topological polar surface area (TPSA) is 64.5 Å². The molecule has 0 radical (unpaired) electrons. The van der Waals surface area contributed by atoms with Gasteiger partial charge in [-0.25, -0.2) is 5.84 Å². The first kappa shape index (κ1) is 21.5. The third-order valence-electron chi connectivity index (χ3n) is 4.26. The van der Waals surface area contributed by atoms with Crippen LogP contribution in [0.4, 0.5) is 5.69 Å². The SMILES string of the molecule is CC/C(=C(/N)Sc1ccc(C(C)(C)C)cc1)N(N)c1cc(Cl)ccc1OC. The van der Waals surface area contributed by atoms with Gasteiger partial charge in [-0.3, -0.25) is 5.01 Å². The van der Waals surface area contributed by atoms with Crippen LogP contribution < -0.4 is 21.3 Å². The predicted molar refractivity (Wildman–Crippen MR) is 117 cm³/mol. The van der Waals surface area contributed by atoms with E-state index in [2.05, 4.69) is 45.0 Å². The first-order valence-electron chi connectivity index (χ1n) is 8.82. The molecule has 6 heteroatoms. The molecule has 146 valence electrons. The maximum Gasteiger partial charge on any atom is 0.144 e. The second-order valence-electron chi connectivity index (χ2n) is 7.23. The molecule has 0 saturated heterocycles. The lowest BCUT2D eigenvalue weighted by atomic mass is 9.87. The number of methoxy groups -OCH3 is 1. The summed E-state index contributed by atoms with van der Waals surface area (Å²) in [5.74, 6) is 7.01. The van der Waals surface area contributed by atoms with E-state index < -0.39 is 0 Å². The molecule has 0 unspecified atom stereocenters. The third kappa shape index (κ3) is 5.34. The summed E-state index contributed by atoms with van der Waals surface area (Å²) in [5.41, 5.74) is 9.29. The molecule has 2 aromatic carbocycles. The zero-order valence-corrected chi connectivity index (χ0v) is 18.1. The standard InChI is InChI=1S/C21H28ClN3OS/c1-6-17(25(24)18-13-15(22)9-12-19(18)26-5)20(23)27-16-10-7-14(8-11-16)21(2,3)4/h7-13H,6,23-24H2,1-5H3/b20-17+. The Labute approximate surface area is 171 Å². The second kappa shape index (κ2) is 8.91. The van der Waals surface area contributed by atoms with Gasteiger partial charge < -0.3 is 10.5 Å². The van der Waals surface area contributed by atoms with Gasteiger partial charge in [0.15, 0.2) is 0 Å². The number of halogens is 1. The molecule has 4 N–H and O–H groups in total. The van der Waals surface area contributed by atoms with Crippen molar-refractivity contribution in [3.05, 3.63) is 63.8 Å². The highest BCUT2D eigenvalue weighted by Gasteiger charge is 2.17. The van der Waals surface area contributed by atoms with E-state index in [1.807, 2.05) is 6.92 Å². The number of anilines is 1. The minimum atomic E-state index is 0.121.